The van der Waals surface area contributed by atoms with Crippen LogP contribution in [0.15, 0.2) is 18.2 Å². The van der Waals surface area contributed by atoms with Crippen LogP contribution in [-0.2, 0) is 9.53 Å². The second kappa shape index (κ2) is 7.68. The number of likely N-dealkylation sites (tertiary alicyclic amines) is 1. The van der Waals surface area contributed by atoms with Crippen LogP contribution < -0.4 is 9.64 Å². The van der Waals surface area contributed by atoms with Gasteiger partial charge in [0.1, 0.15) is 18.0 Å². The van der Waals surface area contributed by atoms with Gasteiger partial charge in [0.2, 0.25) is 5.91 Å². The maximum absolute atomic E-state index is 12.7. The van der Waals surface area contributed by atoms with E-state index in [1.54, 1.807) is 0 Å². The third kappa shape index (κ3) is 3.65. The molecule has 0 saturated carbocycles. The van der Waals surface area contributed by atoms with E-state index < -0.39 is 6.10 Å². The lowest BCUT2D eigenvalue weighted by Gasteiger charge is -2.38. The molecule has 3 aliphatic rings. The van der Waals surface area contributed by atoms with Gasteiger partial charge >= 0.3 is 0 Å². The summed E-state index contributed by atoms with van der Waals surface area (Å²) in [6.45, 7) is 1.63. The van der Waals surface area contributed by atoms with Crippen LogP contribution in [0.5, 0.6) is 5.75 Å². The molecule has 0 bridgehead atoms. The summed E-state index contributed by atoms with van der Waals surface area (Å²) in [5.41, 5.74) is 2.30. The number of piperidine rings is 1. The van der Waals surface area contributed by atoms with E-state index in [1.165, 1.54) is 12.0 Å². The first-order valence-electron chi connectivity index (χ1n) is 10.1. The summed E-state index contributed by atoms with van der Waals surface area (Å²) in [5.74, 6) is 1.21. The number of ether oxygens (including phenoxy) is 2. The van der Waals surface area contributed by atoms with Gasteiger partial charge in [0, 0.05) is 44.4 Å². The minimum absolute atomic E-state index is 0.0932. The quantitative estimate of drug-likeness (QED) is 0.875. The van der Waals surface area contributed by atoms with Gasteiger partial charge in [0.25, 0.3) is 0 Å². The Balaban J connectivity index is 1.51. The predicted octanol–water partition coefficient (Wildman–Crippen LogP) is 2.15. The number of fused-ring (bicyclic) bond motifs is 3. The van der Waals surface area contributed by atoms with Gasteiger partial charge < -0.3 is 24.4 Å². The number of carbonyl (C=O) groups is 1. The van der Waals surface area contributed by atoms with Crippen molar-refractivity contribution in [1.29, 1.82) is 0 Å². The third-order valence-electron chi connectivity index (χ3n) is 6.11. The van der Waals surface area contributed by atoms with E-state index in [2.05, 4.69) is 11.0 Å². The van der Waals surface area contributed by atoms with E-state index in [1.807, 2.05) is 31.1 Å². The normalized spacial score (nSPS) is 29.7. The van der Waals surface area contributed by atoms with Crippen LogP contribution in [0.2, 0.25) is 0 Å². The van der Waals surface area contributed by atoms with Gasteiger partial charge in [-0.1, -0.05) is 0 Å². The highest BCUT2D eigenvalue weighted by molar-refractivity contribution is 5.76. The highest BCUT2D eigenvalue weighted by Crippen LogP contribution is 2.47. The average molecular weight is 374 g/mol. The maximum Gasteiger partial charge on any atom is 0.225 e. The lowest BCUT2D eigenvalue weighted by molar-refractivity contribution is -0.149. The summed E-state index contributed by atoms with van der Waals surface area (Å²) in [7, 11) is 4.05. The fraction of sp³-hybridized carbons (Fsp3) is 0.667. The number of aliphatic hydroxyl groups excluding tert-OH is 1. The summed E-state index contributed by atoms with van der Waals surface area (Å²) in [6.07, 6.45) is 3.80. The summed E-state index contributed by atoms with van der Waals surface area (Å²) >= 11 is 0. The molecule has 0 spiro atoms. The van der Waals surface area contributed by atoms with Crippen molar-refractivity contribution in [2.75, 3.05) is 38.7 Å². The van der Waals surface area contributed by atoms with Crippen molar-refractivity contribution in [2.24, 2.45) is 0 Å². The molecule has 0 aliphatic carbocycles. The Bertz CT molecular complexity index is 687. The van der Waals surface area contributed by atoms with Gasteiger partial charge in [-0.2, -0.15) is 0 Å². The number of aliphatic hydroxyl groups is 1. The highest BCUT2D eigenvalue weighted by atomic mass is 16.6. The van der Waals surface area contributed by atoms with Crippen LogP contribution in [0.4, 0.5) is 5.69 Å². The van der Waals surface area contributed by atoms with E-state index in [9.17, 15) is 9.90 Å². The second-order valence-corrected chi connectivity index (χ2v) is 8.17. The molecule has 4 atom stereocenters. The minimum atomic E-state index is -0.391. The van der Waals surface area contributed by atoms with Crippen LogP contribution in [0.25, 0.3) is 0 Å². The molecule has 1 amide bonds. The van der Waals surface area contributed by atoms with Crippen LogP contribution in [-0.4, -0.2) is 68.0 Å². The molecule has 0 unspecified atom stereocenters. The van der Waals surface area contributed by atoms with Crippen molar-refractivity contribution in [3.63, 3.8) is 0 Å². The molecule has 148 valence electrons. The largest absolute Gasteiger partial charge is 0.487 e. The Morgan fingerprint density at radius 2 is 2.04 bits per heavy atom. The first-order valence-corrected chi connectivity index (χ1v) is 10.1. The molecule has 2 fully saturated rings. The minimum Gasteiger partial charge on any atom is -0.487 e. The number of anilines is 1. The molecule has 0 radical (unpaired) electrons. The molecule has 6 heteroatoms. The number of rotatable bonds is 4. The van der Waals surface area contributed by atoms with Gasteiger partial charge in [-0.3, -0.25) is 4.79 Å². The molecule has 0 aromatic heterocycles. The molecular weight excluding hydrogens is 344 g/mol. The van der Waals surface area contributed by atoms with Crippen molar-refractivity contribution in [1.82, 2.24) is 4.90 Å². The third-order valence-corrected chi connectivity index (χ3v) is 6.11. The van der Waals surface area contributed by atoms with E-state index in [4.69, 9.17) is 9.47 Å². The van der Waals surface area contributed by atoms with Gasteiger partial charge in [0.05, 0.1) is 19.1 Å². The van der Waals surface area contributed by atoms with E-state index >= 15 is 0 Å². The van der Waals surface area contributed by atoms with Crippen molar-refractivity contribution >= 4 is 11.6 Å². The number of hydrogen-bond donors (Lipinski definition) is 1. The summed E-state index contributed by atoms with van der Waals surface area (Å²) < 4.78 is 12.2. The van der Waals surface area contributed by atoms with Crippen LogP contribution in [0, 0.1) is 0 Å². The van der Waals surface area contributed by atoms with Crippen molar-refractivity contribution < 1.29 is 19.4 Å². The molecule has 4 rings (SSSR count). The van der Waals surface area contributed by atoms with Crippen molar-refractivity contribution in [3.05, 3.63) is 23.8 Å². The lowest BCUT2D eigenvalue weighted by Crippen LogP contribution is -2.48. The first-order chi connectivity index (χ1) is 13.1. The van der Waals surface area contributed by atoms with Crippen molar-refractivity contribution in [2.45, 2.75) is 56.3 Å². The number of amides is 1. The Morgan fingerprint density at radius 3 is 2.74 bits per heavy atom. The standard InChI is InChI=1S/C21H30N2O4/c1-22(2)14-6-7-18-16(10-14)17-11-15(26-19(13-24)21(17)27-18)12-20(25)23-8-4-3-5-9-23/h6-7,10,15,17,19,21,24H,3-5,8-9,11-13H2,1-2H3/t15-,17-,19-,21+/m1/s1. The van der Waals surface area contributed by atoms with Gasteiger partial charge in [-0.05, 0) is 43.9 Å². The van der Waals surface area contributed by atoms with Crippen LogP contribution in [0.1, 0.15) is 43.6 Å². The molecule has 1 aromatic rings. The Labute approximate surface area is 161 Å². The van der Waals surface area contributed by atoms with Gasteiger partial charge in [0.15, 0.2) is 0 Å². The highest BCUT2D eigenvalue weighted by Gasteiger charge is 2.46. The van der Waals surface area contributed by atoms with Crippen LogP contribution in [0.3, 0.4) is 0 Å². The number of benzene rings is 1. The Hall–Kier alpha value is -1.79. The van der Waals surface area contributed by atoms with E-state index in [0.29, 0.717) is 6.42 Å². The number of nitrogens with zero attached hydrogens (tertiary/aromatic N) is 2. The lowest BCUT2D eigenvalue weighted by atomic mass is 9.84. The van der Waals surface area contributed by atoms with Gasteiger partial charge in [-0.25, -0.2) is 0 Å². The SMILES string of the molecule is CN(C)c1ccc2c(c1)[C@H]1C[C@H](CC(=O)N3CCCCC3)O[C@H](CO)[C@H]1O2. The zero-order valence-corrected chi connectivity index (χ0v) is 16.3. The molecule has 27 heavy (non-hydrogen) atoms. The van der Waals surface area contributed by atoms with Crippen molar-refractivity contribution in [3.8, 4) is 5.75 Å². The molecule has 3 aliphatic heterocycles. The number of carbonyl (C=O) groups excluding carboxylic acids is 1. The van der Waals surface area contributed by atoms with Crippen LogP contribution >= 0.6 is 0 Å². The zero-order valence-electron chi connectivity index (χ0n) is 16.3. The predicted molar refractivity (Wildman–Crippen MR) is 103 cm³/mol. The second-order valence-electron chi connectivity index (χ2n) is 8.17. The maximum atomic E-state index is 12.7. The molecule has 1 aromatic carbocycles. The molecule has 6 nitrogen and oxygen atoms in total. The first kappa shape index (κ1) is 18.6. The molecular formula is C21H30N2O4. The zero-order chi connectivity index (χ0) is 19.0. The average Bonchev–Trinajstić information content (AvgIpc) is 3.06. The van der Waals surface area contributed by atoms with E-state index in [-0.39, 0.29) is 30.6 Å². The van der Waals surface area contributed by atoms with Gasteiger partial charge in [-0.15, -0.1) is 0 Å². The number of hydrogen-bond acceptors (Lipinski definition) is 5. The summed E-state index contributed by atoms with van der Waals surface area (Å²) in [5, 5.41) is 9.85. The smallest absolute Gasteiger partial charge is 0.225 e. The fourth-order valence-corrected chi connectivity index (χ4v) is 4.62. The Morgan fingerprint density at radius 1 is 1.26 bits per heavy atom. The topological polar surface area (TPSA) is 62.2 Å². The molecule has 3 heterocycles. The summed E-state index contributed by atoms with van der Waals surface area (Å²) in [4.78, 5) is 16.7. The fourth-order valence-electron chi connectivity index (χ4n) is 4.62. The monoisotopic (exact) mass is 374 g/mol. The Kier molecular flexibility index (Phi) is 5.28. The summed E-state index contributed by atoms with van der Waals surface area (Å²) in [6, 6.07) is 6.22. The molecule has 2 saturated heterocycles. The van der Waals surface area contributed by atoms with E-state index in [0.717, 1.165) is 43.8 Å². The molecule has 1 N–H and O–H groups in total.